The third-order valence-corrected chi connectivity index (χ3v) is 6.48. The molecule has 0 radical (unpaired) electrons. The molecule has 0 aliphatic heterocycles. The highest BCUT2D eigenvalue weighted by Gasteiger charge is 2.22. The van der Waals surface area contributed by atoms with E-state index in [0.29, 0.717) is 10.4 Å². The minimum absolute atomic E-state index is 0.0804. The van der Waals surface area contributed by atoms with E-state index in [1.165, 1.54) is 48.7 Å². The van der Waals surface area contributed by atoms with Crippen LogP contribution in [0.1, 0.15) is 48.0 Å². The van der Waals surface area contributed by atoms with Gasteiger partial charge in [-0.2, -0.15) is 4.73 Å². The summed E-state index contributed by atoms with van der Waals surface area (Å²) >= 11 is 6.07. The fourth-order valence-electron chi connectivity index (χ4n) is 3.03. The van der Waals surface area contributed by atoms with Crippen LogP contribution in [0.2, 0.25) is 5.02 Å². The van der Waals surface area contributed by atoms with Crippen molar-refractivity contribution in [3.8, 4) is 0 Å². The molecule has 31 heavy (non-hydrogen) atoms. The Morgan fingerprint density at radius 1 is 1.03 bits per heavy atom. The van der Waals surface area contributed by atoms with Crippen molar-refractivity contribution in [1.29, 1.82) is 0 Å². The molecule has 0 atom stereocenters. The molecule has 1 heterocycles. The lowest BCUT2D eigenvalue weighted by Crippen LogP contribution is -2.29. The summed E-state index contributed by atoms with van der Waals surface area (Å²) in [6.45, 7) is 7.70. The molecule has 162 valence electrons. The summed E-state index contributed by atoms with van der Waals surface area (Å²) in [6, 6.07) is 13.8. The Kier molecular flexibility index (Phi) is 6.11. The first-order chi connectivity index (χ1) is 14.4. The monoisotopic (exact) mass is 458 g/mol. The highest BCUT2D eigenvalue weighted by atomic mass is 35.5. The van der Waals surface area contributed by atoms with Gasteiger partial charge in [-0.05, 0) is 41.3 Å². The molecule has 3 rings (SSSR count). The zero-order valence-corrected chi connectivity index (χ0v) is 19.2. The number of rotatable bonds is 5. The normalized spacial score (nSPS) is 11.9. The number of halogens is 1. The molecule has 0 spiro atoms. The number of carbonyl (C=O) groups is 1. The third-order valence-electron chi connectivity index (χ3n) is 4.86. The Bertz CT molecular complexity index is 1250. The van der Waals surface area contributed by atoms with E-state index in [1.54, 1.807) is 19.1 Å². The first-order valence-electron chi connectivity index (χ1n) is 9.56. The number of sulfonamides is 1. The minimum atomic E-state index is -3.94. The predicted molar refractivity (Wildman–Crippen MR) is 121 cm³/mol. The Balaban J connectivity index is 1.98. The van der Waals surface area contributed by atoms with Crippen LogP contribution in [0.5, 0.6) is 0 Å². The maximum Gasteiger partial charge on any atom is 0.261 e. The fraction of sp³-hybridized carbons (Fsp3) is 0.217. The summed E-state index contributed by atoms with van der Waals surface area (Å²) in [6.07, 6.45) is 1.23. The summed E-state index contributed by atoms with van der Waals surface area (Å²) in [5.74, 6) is -0.452. The molecule has 8 heteroatoms. The number of benzene rings is 2. The van der Waals surface area contributed by atoms with Crippen LogP contribution in [0.4, 0.5) is 5.69 Å². The van der Waals surface area contributed by atoms with Crippen molar-refractivity contribution in [1.82, 2.24) is 0 Å². The lowest BCUT2D eigenvalue weighted by atomic mass is 9.87. The van der Waals surface area contributed by atoms with E-state index in [-0.39, 0.29) is 32.1 Å². The standard InChI is InChI=1S/C23H23ClN2O4S/c1-15-13-16(11-12-26(15)28)22(27)20-14-18(24)7-10-21(20)25-31(29,30)19-8-5-17(6-9-19)23(2,3)4/h5-14,25H,1-4H3. The van der Waals surface area contributed by atoms with E-state index >= 15 is 0 Å². The molecule has 1 aromatic heterocycles. The molecule has 0 saturated heterocycles. The van der Waals surface area contributed by atoms with Gasteiger partial charge in [-0.15, -0.1) is 0 Å². The van der Waals surface area contributed by atoms with Gasteiger partial charge < -0.3 is 5.21 Å². The fourth-order valence-corrected chi connectivity index (χ4v) is 4.28. The number of hydrogen-bond donors (Lipinski definition) is 1. The SMILES string of the molecule is Cc1cc(C(=O)c2cc(Cl)ccc2NS(=O)(=O)c2ccc(C(C)(C)C)cc2)cc[n+]1[O-]. The van der Waals surface area contributed by atoms with Crippen molar-refractivity contribution in [2.45, 2.75) is 38.0 Å². The molecule has 0 unspecified atom stereocenters. The quantitative estimate of drug-likeness (QED) is 0.343. The van der Waals surface area contributed by atoms with Gasteiger partial charge in [0.05, 0.1) is 10.6 Å². The molecule has 0 saturated carbocycles. The molecule has 1 N–H and O–H groups in total. The number of nitrogens with zero attached hydrogens (tertiary/aromatic N) is 1. The van der Waals surface area contributed by atoms with Crippen LogP contribution in [0, 0.1) is 12.1 Å². The molecular formula is C23H23ClN2O4S. The second-order valence-corrected chi connectivity index (χ2v) is 10.4. The number of aryl methyl sites for hydroxylation is 1. The van der Waals surface area contributed by atoms with Crippen LogP contribution >= 0.6 is 11.6 Å². The molecule has 3 aromatic rings. The van der Waals surface area contributed by atoms with Crippen LogP contribution in [-0.4, -0.2) is 14.2 Å². The van der Waals surface area contributed by atoms with Crippen LogP contribution in [-0.2, 0) is 15.4 Å². The van der Waals surface area contributed by atoms with Crippen molar-refractivity contribution in [3.63, 3.8) is 0 Å². The van der Waals surface area contributed by atoms with Gasteiger partial charge >= 0.3 is 0 Å². The molecule has 0 bridgehead atoms. The highest BCUT2D eigenvalue weighted by Crippen LogP contribution is 2.28. The van der Waals surface area contributed by atoms with Gasteiger partial charge in [0.15, 0.2) is 17.7 Å². The number of ketones is 1. The molecule has 0 amide bonds. The Labute approximate surface area is 187 Å². The van der Waals surface area contributed by atoms with Gasteiger partial charge in [-0.3, -0.25) is 9.52 Å². The predicted octanol–water partition coefficient (Wildman–Crippen LogP) is 4.61. The Morgan fingerprint density at radius 3 is 2.26 bits per heavy atom. The van der Waals surface area contributed by atoms with Gasteiger partial charge in [0, 0.05) is 35.2 Å². The van der Waals surface area contributed by atoms with Crippen LogP contribution in [0.25, 0.3) is 0 Å². The number of aromatic nitrogens is 1. The van der Waals surface area contributed by atoms with E-state index in [0.717, 1.165) is 5.56 Å². The van der Waals surface area contributed by atoms with Crippen LogP contribution in [0.3, 0.4) is 0 Å². The molecule has 6 nitrogen and oxygen atoms in total. The summed E-state index contributed by atoms with van der Waals surface area (Å²) in [4.78, 5) is 13.1. The van der Waals surface area contributed by atoms with Gasteiger partial charge in [-0.25, -0.2) is 8.42 Å². The summed E-state index contributed by atoms with van der Waals surface area (Å²) in [5, 5.41) is 11.9. The summed E-state index contributed by atoms with van der Waals surface area (Å²) in [5.41, 5.74) is 1.68. The Hall–Kier alpha value is -2.90. The first kappa shape index (κ1) is 22.8. The second-order valence-electron chi connectivity index (χ2n) is 8.28. The van der Waals surface area contributed by atoms with Crippen molar-refractivity contribution in [2.75, 3.05) is 4.72 Å². The van der Waals surface area contributed by atoms with E-state index in [4.69, 9.17) is 11.6 Å². The molecule has 0 fully saturated rings. The van der Waals surface area contributed by atoms with Gasteiger partial charge in [0.1, 0.15) is 0 Å². The van der Waals surface area contributed by atoms with Gasteiger partial charge in [0.25, 0.3) is 10.0 Å². The van der Waals surface area contributed by atoms with Crippen LogP contribution in [0.15, 0.2) is 65.7 Å². The second kappa shape index (κ2) is 8.32. The number of pyridine rings is 1. The maximum absolute atomic E-state index is 13.1. The lowest BCUT2D eigenvalue weighted by Gasteiger charge is -2.19. The first-order valence-corrected chi connectivity index (χ1v) is 11.4. The maximum atomic E-state index is 13.1. The van der Waals surface area contributed by atoms with Crippen molar-refractivity contribution >= 4 is 33.1 Å². The van der Waals surface area contributed by atoms with E-state index < -0.39 is 15.8 Å². The topological polar surface area (TPSA) is 90.2 Å². The molecular weight excluding hydrogens is 436 g/mol. The number of hydrogen-bond acceptors (Lipinski definition) is 4. The van der Waals surface area contributed by atoms with Gasteiger partial charge in [0.2, 0.25) is 0 Å². The van der Waals surface area contributed by atoms with Crippen molar-refractivity contribution in [3.05, 3.63) is 93.4 Å². The molecule has 2 aromatic carbocycles. The van der Waals surface area contributed by atoms with Crippen molar-refractivity contribution in [2.24, 2.45) is 0 Å². The number of carbonyl (C=O) groups excluding carboxylic acids is 1. The largest absolute Gasteiger partial charge is 0.619 e. The van der Waals surface area contributed by atoms with E-state index in [1.807, 2.05) is 20.8 Å². The number of nitrogens with one attached hydrogen (secondary N) is 1. The van der Waals surface area contributed by atoms with Crippen LogP contribution < -0.4 is 9.45 Å². The molecule has 0 aliphatic carbocycles. The zero-order valence-electron chi connectivity index (χ0n) is 17.6. The third kappa shape index (κ3) is 5.06. The zero-order chi connectivity index (χ0) is 23.0. The average molecular weight is 459 g/mol. The van der Waals surface area contributed by atoms with E-state index in [2.05, 4.69) is 4.72 Å². The average Bonchev–Trinajstić information content (AvgIpc) is 2.70. The number of anilines is 1. The lowest BCUT2D eigenvalue weighted by molar-refractivity contribution is -0.612. The smallest absolute Gasteiger partial charge is 0.261 e. The molecule has 0 aliphatic rings. The Morgan fingerprint density at radius 2 is 1.68 bits per heavy atom. The highest BCUT2D eigenvalue weighted by molar-refractivity contribution is 7.92. The summed E-state index contributed by atoms with van der Waals surface area (Å²) < 4.78 is 29.0. The van der Waals surface area contributed by atoms with E-state index in [9.17, 15) is 18.4 Å². The van der Waals surface area contributed by atoms with Crippen molar-refractivity contribution < 1.29 is 17.9 Å². The summed E-state index contributed by atoms with van der Waals surface area (Å²) in [7, 11) is -3.94. The minimum Gasteiger partial charge on any atom is -0.619 e. The van der Waals surface area contributed by atoms with Gasteiger partial charge in [-0.1, -0.05) is 44.5 Å².